The van der Waals surface area contributed by atoms with Crippen LogP contribution < -0.4 is 5.48 Å². The summed E-state index contributed by atoms with van der Waals surface area (Å²) in [4.78, 5) is 0. The van der Waals surface area contributed by atoms with Crippen LogP contribution in [0.5, 0.6) is 5.75 Å². The molecule has 0 aliphatic heterocycles. The monoisotopic (exact) mass is 159 g/mol. The van der Waals surface area contributed by atoms with Crippen molar-refractivity contribution in [3.05, 3.63) is 23.2 Å². The van der Waals surface area contributed by atoms with Crippen LogP contribution in [-0.4, -0.2) is 10.3 Å². The number of phenolic OH excluding ortho intramolecular Hbond substituents is 1. The summed E-state index contributed by atoms with van der Waals surface area (Å²) in [7, 11) is 0. The van der Waals surface area contributed by atoms with Crippen molar-refractivity contribution in [2.75, 3.05) is 5.48 Å². The number of halogens is 1. The van der Waals surface area contributed by atoms with Crippen LogP contribution in [0.25, 0.3) is 0 Å². The lowest BCUT2D eigenvalue weighted by Gasteiger charge is -1.99. The largest absolute Gasteiger partial charge is 0.506 e. The van der Waals surface area contributed by atoms with Crippen molar-refractivity contribution in [3.63, 3.8) is 0 Å². The van der Waals surface area contributed by atoms with Gasteiger partial charge in [-0.15, -0.1) is 0 Å². The van der Waals surface area contributed by atoms with E-state index in [1.54, 1.807) is 0 Å². The average Bonchev–Trinajstić information content (AvgIpc) is 1.95. The van der Waals surface area contributed by atoms with Crippen LogP contribution in [0.1, 0.15) is 0 Å². The van der Waals surface area contributed by atoms with Crippen LogP contribution in [0.4, 0.5) is 5.69 Å². The molecule has 1 aromatic carbocycles. The predicted octanol–water partition coefficient (Wildman–Crippen LogP) is 1.85. The summed E-state index contributed by atoms with van der Waals surface area (Å²) in [6, 6.07) is 4.30. The molecule has 1 aromatic rings. The molecule has 0 atom stereocenters. The van der Waals surface area contributed by atoms with Crippen molar-refractivity contribution in [3.8, 4) is 5.75 Å². The molecule has 54 valence electrons. The Bertz CT molecular complexity index is 239. The molecule has 0 saturated heterocycles. The highest BCUT2D eigenvalue weighted by molar-refractivity contribution is 6.32. The van der Waals surface area contributed by atoms with Crippen LogP contribution in [0.2, 0.25) is 5.02 Å². The highest BCUT2D eigenvalue weighted by Crippen LogP contribution is 2.25. The molecular weight excluding hydrogens is 154 g/mol. The SMILES string of the molecule is ONc1ccc(O)c(Cl)c1. The lowest BCUT2D eigenvalue weighted by atomic mass is 10.3. The van der Waals surface area contributed by atoms with E-state index in [4.69, 9.17) is 21.9 Å². The van der Waals surface area contributed by atoms with Gasteiger partial charge in [0.1, 0.15) is 5.75 Å². The molecule has 0 aromatic heterocycles. The van der Waals surface area contributed by atoms with Crippen molar-refractivity contribution in [2.45, 2.75) is 0 Å². The average molecular weight is 160 g/mol. The Morgan fingerprint density at radius 2 is 2.10 bits per heavy atom. The molecule has 3 nitrogen and oxygen atoms in total. The van der Waals surface area contributed by atoms with Gasteiger partial charge in [-0.2, -0.15) is 0 Å². The second-order valence-electron chi connectivity index (χ2n) is 1.78. The molecule has 1 rings (SSSR count). The minimum absolute atomic E-state index is 0.000617. The maximum atomic E-state index is 8.90. The van der Waals surface area contributed by atoms with E-state index in [0.29, 0.717) is 5.69 Å². The summed E-state index contributed by atoms with van der Waals surface area (Å²) in [5.41, 5.74) is 2.35. The molecule has 0 amide bonds. The highest BCUT2D eigenvalue weighted by atomic mass is 35.5. The smallest absolute Gasteiger partial charge is 0.134 e. The van der Waals surface area contributed by atoms with Crippen LogP contribution in [-0.2, 0) is 0 Å². The van der Waals surface area contributed by atoms with Gasteiger partial charge in [-0.05, 0) is 18.2 Å². The zero-order valence-electron chi connectivity index (χ0n) is 5.00. The summed E-state index contributed by atoms with van der Waals surface area (Å²) >= 11 is 5.49. The van der Waals surface area contributed by atoms with Crippen molar-refractivity contribution >= 4 is 17.3 Å². The number of rotatable bonds is 1. The molecule has 0 bridgehead atoms. The Labute approximate surface area is 62.8 Å². The van der Waals surface area contributed by atoms with Gasteiger partial charge in [0.2, 0.25) is 0 Å². The number of hydrogen-bond donors (Lipinski definition) is 3. The third-order valence-electron chi connectivity index (χ3n) is 1.08. The predicted molar refractivity (Wildman–Crippen MR) is 38.5 cm³/mol. The van der Waals surface area contributed by atoms with Crippen LogP contribution in [0.3, 0.4) is 0 Å². The number of hydrogen-bond acceptors (Lipinski definition) is 3. The summed E-state index contributed by atoms with van der Waals surface area (Å²) in [5.74, 6) is 0.000617. The van der Waals surface area contributed by atoms with Gasteiger partial charge >= 0.3 is 0 Å². The number of aromatic hydroxyl groups is 1. The van der Waals surface area contributed by atoms with Gasteiger partial charge in [-0.3, -0.25) is 10.7 Å². The Kier molecular flexibility index (Phi) is 1.99. The van der Waals surface area contributed by atoms with Gasteiger partial charge in [-0.1, -0.05) is 11.6 Å². The first kappa shape index (κ1) is 7.18. The van der Waals surface area contributed by atoms with E-state index in [1.165, 1.54) is 18.2 Å². The van der Waals surface area contributed by atoms with Crippen LogP contribution in [0, 0.1) is 0 Å². The Hall–Kier alpha value is -0.930. The normalized spacial score (nSPS) is 9.40. The third kappa shape index (κ3) is 1.32. The van der Waals surface area contributed by atoms with Crippen LogP contribution in [0.15, 0.2) is 18.2 Å². The Balaban J connectivity index is 3.04. The molecule has 4 heteroatoms. The van der Waals surface area contributed by atoms with Crippen molar-refractivity contribution < 1.29 is 10.3 Å². The quantitative estimate of drug-likeness (QED) is 0.433. The van der Waals surface area contributed by atoms with E-state index in [0.717, 1.165) is 0 Å². The molecule has 0 aliphatic carbocycles. The molecule has 10 heavy (non-hydrogen) atoms. The number of anilines is 1. The topological polar surface area (TPSA) is 52.5 Å². The standard InChI is InChI=1S/C6H6ClNO2/c7-5-3-4(8-10)1-2-6(5)9/h1-3,8-10H. The third-order valence-corrected chi connectivity index (χ3v) is 1.38. The van der Waals surface area contributed by atoms with Gasteiger partial charge in [0.15, 0.2) is 0 Å². The van der Waals surface area contributed by atoms with Gasteiger partial charge in [0.05, 0.1) is 10.7 Å². The highest BCUT2D eigenvalue weighted by Gasteiger charge is 1.97. The first-order valence-electron chi connectivity index (χ1n) is 2.62. The zero-order valence-corrected chi connectivity index (χ0v) is 5.76. The lowest BCUT2D eigenvalue weighted by molar-refractivity contribution is 0.388. The maximum Gasteiger partial charge on any atom is 0.134 e. The van der Waals surface area contributed by atoms with E-state index in [9.17, 15) is 0 Å². The van der Waals surface area contributed by atoms with E-state index < -0.39 is 0 Å². The minimum atomic E-state index is 0.000617. The van der Waals surface area contributed by atoms with E-state index in [-0.39, 0.29) is 10.8 Å². The fourth-order valence-electron chi connectivity index (χ4n) is 0.576. The molecule has 0 heterocycles. The summed E-state index contributed by atoms with van der Waals surface area (Å²) < 4.78 is 0. The van der Waals surface area contributed by atoms with E-state index in [1.807, 2.05) is 5.48 Å². The molecule has 0 unspecified atom stereocenters. The van der Waals surface area contributed by atoms with Gasteiger partial charge in [0.25, 0.3) is 0 Å². The second kappa shape index (κ2) is 2.77. The minimum Gasteiger partial charge on any atom is -0.506 e. The summed E-state index contributed by atoms with van der Waals surface area (Å²) in [6.07, 6.45) is 0. The molecular formula is C6H6ClNO2. The number of benzene rings is 1. The Morgan fingerprint density at radius 1 is 1.40 bits per heavy atom. The number of nitrogens with one attached hydrogen (secondary N) is 1. The Morgan fingerprint density at radius 3 is 2.60 bits per heavy atom. The van der Waals surface area contributed by atoms with Gasteiger partial charge in [0, 0.05) is 0 Å². The molecule has 0 aliphatic rings. The zero-order chi connectivity index (χ0) is 7.56. The van der Waals surface area contributed by atoms with E-state index in [2.05, 4.69) is 0 Å². The molecule has 0 radical (unpaired) electrons. The van der Waals surface area contributed by atoms with Crippen molar-refractivity contribution in [1.29, 1.82) is 0 Å². The molecule has 0 saturated carbocycles. The maximum absolute atomic E-state index is 8.90. The molecule has 3 N–H and O–H groups in total. The fraction of sp³-hybridized carbons (Fsp3) is 0. The van der Waals surface area contributed by atoms with E-state index >= 15 is 0 Å². The van der Waals surface area contributed by atoms with Crippen LogP contribution >= 0.6 is 11.6 Å². The lowest BCUT2D eigenvalue weighted by Crippen LogP contribution is -1.87. The first-order valence-corrected chi connectivity index (χ1v) is 3.00. The molecule has 0 spiro atoms. The van der Waals surface area contributed by atoms with Crippen molar-refractivity contribution in [2.24, 2.45) is 0 Å². The van der Waals surface area contributed by atoms with Crippen molar-refractivity contribution in [1.82, 2.24) is 0 Å². The fourth-order valence-corrected chi connectivity index (χ4v) is 0.757. The summed E-state index contributed by atoms with van der Waals surface area (Å²) in [6.45, 7) is 0. The summed E-state index contributed by atoms with van der Waals surface area (Å²) in [5, 5.41) is 17.5. The second-order valence-corrected chi connectivity index (χ2v) is 2.19. The number of phenols is 1. The first-order chi connectivity index (χ1) is 4.74. The van der Waals surface area contributed by atoms with Gasteiger partial charge in [-0.25, -0.2) is 0 Å². The molecule has 0 fully saturated rings. The van der Waals surface area contributed by atoms with Gasteiger partial charge < -0.3 is 5.11 Å².